The number of carboxylic acid groups (broad SMARTS) is 1. The molecule has 0 amide bonds. The number of allylic oxidation sites excluding steroid dienone is 1. The monoisotopic (exact) mass is 522 g/mol. The van der Waals surface area contributed by atoms with E-state index < -0.39 is 40.5 Å². The SMILES string of the molecule is O=C(/C=C/c1ccc(/C=C2/N[C@H](S)N(C(Cc3ccccc3)C(=O)O)[S+]2[O-])cc1)c1ccccc1F. The number of benzene rings is 3. The molecule has 2 N–H and O–H groups in total. The largest absolute Gasteiger partial charge is 0.591 e. The van der Waals surface area contributed by atoms with Crippen molar-refractivity contribution in [3.63, 3.8) is 0 Å². The Balaban J connectivity index is 1.46. The quantitative estimate of drug-likeness (QED) is 0.175. The summed E-state index contributed by atoms with van der Waals surface area (Å²) < 4.78 is 28.3. The summed E-state index contributed by atoms with van der Waals surface area (Å²) in [5.74, 6) is -2.10. The molecule has 9 heteroatoms. The fourth-order valence-electron chi connectivity index (χ4n) is 3.72. The molecule has 3 aromatic rings. The average Bonchev–Trinajstić information content (AvgIpc) is 3.15. The van der Waals surface area contributed by atoms with Gasteiger partial charge < -0.3 is 15.0 Å². The van der Waals surface area contributed by atoms with Crippen LogP contribution in [0.15, 0.2) is 90.0 Å². The summed E-state index contributed by atoms with van der Waals surface area (Å²) in [5, 5.41) is 13.1. The highest BCUT2D eigenvalue weighted by molar-refractivity contribution is 7.94. The van der Waals surface area contributed by atoms with Crippen molar-refractivity contribution < 1.29 is 23.6 Å². The first-order valence-electron chi connectivity index (χ1n) is 11.0. The van der Waals surface area contributed by atoms with Crippen LogP contribution in [0.2, 0.25) is 0 Å². The molecular weight excluding hydrogens is 499 g/mol. The minimum Gasteiger partial charge on any atom is -0.591 e. The Kier molecular flexibility index (Phi) is 8.27. The van der Waals surface area contributed by atoms with Crippen molar-refractivity contribution in [2.75, 3.05) is 0 Å². The Labute approximate surface area is 216 Å². The number of ketones is 1. The molecule has 3 atom stereocenters. The highest BCUT2D eigenvalue weighted by Crippen LogP contribution is 2.30. The van der Waals surface area contributed by atoms with Gasteiger partial charge in [-0.25, -0.2) is 4.39 Å². The van der Waals surface area contributed by atoms with Gasteiger partial charge in [0.15, 0.2) is 17.3 Å². The maximum absolute atomic E-state index is 13.8. The van der Waals surface area contributed by atoms with E-state index in [1.165, 1.54) is 28.6 Å². The van der Waals surface area contributed by atoms with Gasteiger partial charge >= 0.3 is 5.97 Å². The van der Waals surface area contributed by atoms with E-state index in [1.807, 2.05) is 30.3 Å². The Hall–Kier alpha value is -3.37. The van der Waals surface area contributed by atoms with Crippen molar-refractivity contribution in [1.29, 1.82) is 0 Å². The fraction of sp³-hybridized carbons (Fsp3) is 0.111. The summed E-state index contributed by atoms with van der Waals surface area (Å²) in [6.45, 7) is 0. The average molecular weight is 523 g/mol. The Morgan fingerprint density at radius 3 is 2.36 bits per heavy atom. The van der Waals surface area contributed by atoms with Crippen molar-refractivity contribution in [1.82, 2.24) is 9.62 Å². The standard InChI is InChI=1S/C27H23FN2O4S2/c28-22-9-5-4-8-21(22)24(31)15-14-18-10-12-20(13-11-18)17-25-29-27(35)30(36(25)34)23(26(32)33)16-19-6-2-1-3-7-19/h1-15,17,23,27,29,35H,16H2,(H,32,33)/b15-14+,25-17-/t23?,27-,36?/m0/s1. The van der Waals surface area contributed by atoms with Crippen LogP contribution >= 0.6 is 12.6 Å². The van der Waals surface area contributed by atoms with E-state index in [-0.39, 0.29) is 12.0 Å². The highest BCUT2D eigenvalue weighted by Gasteiger charge is 2.47. The number of carbonyl (C=O) groups excluding carboxylic acids is 1. The van der Waals surface area contributed by atoms with Crippen LogP contribution in [0.3, 0.4) is 0 Å². The van der Waals surface area contributed by atoms with Gasteiger partial charge in [-0.1, -0.05) is 77.1 Å². The lowest BCUT2D eigenvalue weighted by atomic mass is 10.1. The van der Waals surface area contributed by atoms with Gasteiger partial charge in [-0.05, 0) is 34.9 Å². The van der Waals surface area contributed by atoms with Gasteiger partial charge in [0.2, 0.25) is 5.03 Å². The lowest BCUT2D eigenvalue weighted by molar-refractivity contribution is -0.141. The molecule has 3 aromatic carbocycles. The molecule has 4 rings (SSSR count). The smallest absolute Gasteiger partial charge is 0.326 e. The van der Waals surface area contributed by atoms with E-state index in [4.69, 9.17) is 0 Å². The molecule has 0 radical (unpaired) electrons. The first kappa shape index (κ1) is 25.7. The lowest BCUT2D eigenvalue weighted by Crippen LogP contribution is -2.47. The molecule has 1 fully saturated rings. The summed E-state index contributed by atoms with van der Waals surface area (Å²) in [6, 6.07) is 21.0. The first-order valence-corrected chi connectivity index (χ1v) is 12.7. The molecule has 0 saturated carbocycles. The molecule has 0 spiro atoms. The molecule has 184 valence electrons. The van der Waals surface area contributed by atoms with Gasteiger partial charge in [-0.15, -0.1) is 12.6 Å². The van der Waals surface area contributed by atoms with E-state index in [2.05, 4.69) is 17.9 Å². The number of nitrogens with one attached hydrogen (secondary N) is 1. The Morgan fingerprint density at radius 1 is 1.06 bits per heavy atom. The summed E-state index contributed by atoms with van der Waals surface area (Å²) in [4.78, 5) is 24.2. The molecule has 0 bridgehead atoms. The van der Waals surface area contributed by atoms with Gasteiger partial charge in [0.25, 0.3) is 0 Å². The zero-order valence-electron chi connectivity index (χ0n) is 19.0. The maximum atomic E-state index is 13.8. The molecule has 0 aliphatic carbocycles. The minimum atomic E-state index is -1.76. The third kappa shape index (κ3) is 6.06. The number of hydrogen-bond donors (Lipinski definition) is 3. The van der Waals surface area contributed by atoms with Crippen LogP contribution < -0.4 is 5.32 Å². The highest BCUT2D eigenvalue weighted by atomic mass is 32.2. The van der Waals surface area contributed by atoms with Crippen molar-refractivity contribution in [2.45, 2.75) is 18.0 Å². The van der Waals surface area contributed by atoms with Crippen LogP contribution in [-0.4, -0.2) is 37.3 Å². The molecule has 36 heavy (non-hydrogen) atoms. The maximum Gasteiger partial charge on any atom is 0.326 e. The van der Waals surface area contributed by atoms with Crippen molar-refractivity contribution in [3.8, 4) is 0 Å². The fourth-order valence-corrected chi connectivity index (χ4v) is 5.68. The number of rotatable bonds is 8. The van der Waals surface area contributed by atoms with Crippen LogP contribution in [-0.2, 0) is 22.6 Å². The molecule has 2 unspecified atom stereocenters. The van der Waals surface area contributed by atoms with E-state index >= 15 is 0 Å². The molecule has 6 nitrogen and oxygen atoms in total. The number of thiol groups is 1. The van der Waals surface area contributed by atoms with Crippen LogP contribution in [0, 0.1) is 5.82 Å². The van der Waals surface area contributed by atoms with Crippen molar-refractivity contribution in [2.24, 2.45) is 0 Å². The number of halogens is 1. The van der Waals surface area contributed by atoms with Gasteiger partial charge in [0, 0.05) is 12.5 Å². The topological polar surface area (TPSA) is 92.7 Å². The van der Waals surface area contributed by atoms with Crippen LogP contribution in [0.4, 0.5) is 4.39 Å². The van der Waals surface area contributed by atoms with E-state index in [0.29, 0.717) is 5.03 Å². The number of hydrogen-bond acceptors (Lipinski definition) is 6. The van der Waals surface area contributed by atoms with Crippen LogP contribution in [0.25, 0.3) is 12.2 Å². The second-order valence-electron chi connectivity index (χ2n) is 8.02. The zero-order valence-corrected chi connectivity index (χ0v) is 20.7. The summed E-state index contributed by atoms with van der Waals surface area (Å²) in [7, 11) is 0. The summed E-state index contributed by atoms with van der Waals surface area (Å²) >= 11 is 2.66. The molecule has 1 aliphatic heterocycles. The number of carboxylic acids is 1. The van der Waals surface area contributed by atoms with Gasteiger partial charge in [-0.3, -0.25) is 9.59 Å². The second-order valence-corrected chi connectivity index (χ2v) is 9.87. The van der Waals surface area contributed by atoms with Gasteiger partial charge in [0.05, 0.1) is 5.56 Å². The third-order valence-electron chi connectivity index (χ3n) is 5.56. The van der Waals surface area contributed by atoms with Crippen LogP contribution in [0.5, 0.6) is 0 Å². The van der Waals surface area contributed by atoms with Gasteiger partial charge in [0.1, 0.15) is 17.2 Å². The zero-order chi connectivity index (χ0) is 25.7. The molecule has 1 saturated heterocycles. The van der Waals surface area contributed by atoms with Crippen molar-refractivity contribution in [3.05, 3.63) is 118 Å². The second kappa shape index (κ2) is 11.6. The van der Waals surface area contributed by atoms with E-state index in [9.17, 15) is 23.6 Å². The first-order chi connectivity index (χ1) is 17.3. The third-order valence-corrected chi connectivity index (χ3v) is 7.55. The molecular formula is C27H23FN2O4S2. The predicted octanol–water partition coefficient (Wildman–Crippen LogP) is 4.50. The minimum absolute atomic E-state index is 0.00248. The number of carbonyl (C=O) groups is 2. The molecule has 1 aliphatic rings. The van der Waals surface area contributed by atoms with Gasteiger partial charge in [-0.2, -0.15) is 0 Å². The van der Waals surface area contributed by atoms with E-state index in [1.54, 1.807) is 42.5 Å². The Bertz CT molecular complexity index is 1300. The predicted molar refractivity (Wildman–Crippen MR) is 142 cm³/mol. The number of aliphatic carboxylic acids is 1. The number of nitrogens with zero attached hydrogens (tertiary/aromatic N) is 1. The molecule has 0 aromatic heterocycles. The van der Waals surface area contributed by atoms with E-state index in [0.717, 1.165) is 16.7 Å². The normalized spacial score (nSPS) is 19.9. The lowest BCUT2D eigenvalue weighted by Gasteiger charge is -2.24. The van der Waals surface area contributed by atoms with Crippen molar-refractivity contribution >= 4 is 47.9 Å². The summed E-state index contributed by atoms with van der Waals surface area (Å²) in [6.07, 6.45) is 4.74. The Morgan fingerprint density at radius 2 is 1.69 bits per heavy atom. The van der Waals surface area contributed by atoms with Crippen LogP contribution in [0.1, 0.15) is 27.0 Å². The summed E-state index contributed by atoms with van der Waals surface area (Å²) in [5.41, 5.74) is 1.53. The molecule has 1 heterocycles.